The highest BCUT2D eigenvalue weighted by molar-refractivity contribution is 5.85. The molecular formula is C13H15N3O3. The molecule has 0 radical (unpaired) electrons. The Balaban J connectivity index is 2.36. The number of carboxylic acid groups (broad SMARTS) is 1. The molecule has 0 spiro atoms. The smallest absolute Gasteiger partial charge is 0.331 e. The number of rotatable bonds is 4. The van der Waals surface area contributed by atoms with Crippen LogP contribution in [0, 0.1) is 0 Å². The van der Waals surface area contributed by atoms with Gasteiger partial charge in [-0.1, -0.05) is 12.1 Å². The summed E-state index contributed by atoms with van der Waals surface area (Å²) in [6.45, 7) is 2.89. The highest BCUT2D eigenvalue weighted by atomic mass is 16.4. The molecule has 6 nitrogen and oxygen atoms in total. The number of carbonyl (C=O) groups excluding carboxylic acids is 1. The van der Waals surface area contributed by atoms with Crippen LogP contribution in [0.4, 0.5) is 0 Å². The Kier molecular flexibility index (Phi) is 3.25. The van der Waals surface area contributed by atoms with E-state index in [-0.39, 0.29) is 12.5 Å². The Morgan fingerprint density at radius 1 is 1.42 bits per heavy atom. The van der Waals surface area contributed by atoms with E-state index < -0.39 is 11.5 Å². The van der Waals surface area contributed by atoms with Crippen LogP contribution < -0.4 is 5.32 Å². The van der Waals surface area contributed by atoms with E-state index in [1.54, 1.807) is 10.9 Å². The molecule has 0 saturated carbocycles. The first-order valence-corrected chi connectivity index (χ1v) is 5.84. The number of hydrogen-bond donors (Lipinski definition) is 2. The van der Waals surface area contributed by atoms with Gasteiger partial charge in [-0.05, 0) is 19.1 Å². The number of aliphatic carboxylic acids is 1. The molecule has 1 amide bonds. The van der Waals surface area contributed by atoms with Crippen LogP contribution in [-0.2, 0) is 16.1 Å². The number of imidazole rings is 1. The number of carbonyl (C=O) groups is 2. The topological polar surface area (TPSA) is 84.2 Å². The summed E-state index contributed by atoms with van der Waals surface area (Å²) in [4.78, 5) is 26.7. The molecule has 2 rings (SSSR count). The van der Waals surface area contributed by atoms with Gasteiger partial charge in [0, 0.05) is 6.92 Å². The lowest BCUT2D eigenvalue weighted by molar-refractivity contribution is -0.147. The predicted molar refractivity (Wildman–Crippen MR) is 69.6 cm³/mol. The van der Waals surface area contributed by atoms with Crippen molar-refractivity contribution >= 4 is 22.9 Å². The van der Waals surface area contributed by atoms with Gasteiger partial charge in [-0.2, -0.15) is 0 Å². The van der Waals surface area contributed by atoms with E-state index in [0.717, 1.165) is 11.0 Å². The van der Waals surface area contributed by atoms with Crippen molar-refractivity contribution in [3.63, 3.8) is 0 Å². The lowest BCUT2D eigenvalue weighted by Crippen LogP contribution is -2.54. The monoisotopic (exact) mass is 261 g/mol. The fraction of sp³-hybridized carbons (Fsp3) is 0.308. The van der Waals surface area contributed by atoms with Gasteiger partial charge < -0.3 is 15.0 Å². The van der Waals surface area contributed by atoms with E-state index in [0.29, 0.717) is 0 Å². The normalized spacial score (nSPS) is 14.0. The van der Waals surface area contributed by atoms with Gasteiger partial charge in [-0.25, -0.2) is 9.78 Å². The molecule has 0 aliphatic carbocycles. The van der Waals surface area contributed by atoms with Gasteiger partial charge in [-0.3, -0.25) is 4.79 Å². The summed E-state index contributed by atoms with van der Waals surface area (Å²) in [5, 5.41) is 11.8. The zero-order valence-electron chi connectivity index (χ0n) is 10.8. The minimum Gasteiger partial charge on any atom is -0.479 e. The second-order valence-corrected chi connectivity index (χ2v) is 4.68. The highest BCUT2D eigenvalue weighted by Gasteiger charge is 2.34. The van der Waals surface area contributed by atoms with E-state index in [2.05, 4.69) is 10.3 Å². The molecule has 1 aromatic heterocycles. The minimum atomic E-state index is -1.37. The number of amides is 1. The molecule has 1 heterocycles. The molecule has 6 heteroatoms. The lowest BCUT2D eigenvalue weighted by atomic mass is 10.0. The molecule has 0 fully saturated rings. The van der Waals surface area contributed by atoms with Crippen molar-refractivity contribution in [1.82, 2.24) is 14.9 Å². The van der Waals surface area contributed by atoms with Crippen LogP contribution in [0.2, 0.25) is 0 Å². The molecule has 0 aliphatic heterocycles. The number of benzene rings is 1. The molecule has 2 N–H and O–H groups in total. The minimum absolute atomic E-state index is 0.114. The quantitative estimate of drug-likeness (QED) is 0.860. The van der Waals surface area contributed by atoms with Gasteiger partial charge in [-0.15, -0.1) is 0 Å². The van der Waals surface area contributed by atoms with Crippen LogP contribution in [0.15, 0.2) is 30.6 Å². The molecule has 19 heavy (non-hydrogen) atoms. The summed E-state index contributed by atoms with van der Waals surface area (Å²) < 4.78 is 1.72. The first-order valence-electron chi connectivity index (χ1n) is 5.84. The van der Waals surface area contributed by atoms with Gasteiger partial charge in [0.25, 0.3) is 0 Å². The third-order valence-electron chi connectivity index (χ3n) is 2.94. The molecule has 1 aromatic carbocycles. The number of hydrogen-bond acceptors (Lipinski definition) is 3. The summed E-state index contributed by atoms with van der Waals surface area (Å²) in [6.07, 6.45) is 1.58. The Labute approximate surface area is 110 Å². The molecule has 1 unspecified atom stereocenters. The Morgan fingerprint density at radius 3 is 2.74 bits per heavy atom. The molecule has 2 aromatic rings. The van der Waals surface area contributed by atoms with Gasteiger partial charge in [0.2, 0.25) is 5.91 Å². The molecule has 0 bridgehead atoms. The molecule has 1 atom stereocenters. The lowest BCUT2D eigenvalue weighted by Gasteiger charge is -2.26. The van der Waals surface area contributed by atoms with Crippen molar-refractivity contribution in [3.05, 3.63) is 30.6 Å². The molecule has 0 aliphatic rings. The number of para-hydroxylation sites is 2. The average Bonchev–Trinajstić information content (AvgIpc) is 2.71. The zero-order valence-corrected chi connectivity index (χ0v) is 10.8. The number of fused-ring (bicyclic) bond motifs is 1. The fourth-order valence-electron chi connectivity index (χ4n) is 2.03. The Morgan fingerprint density at radius 2 is 2.11 bits per heavy atom. The third-order valence-corrected chi connectivity index (χ3v) is 2.94. The predicted octanol–water partition coefficient (Wildman–Crippen LogP) is 1.02. The van der Waals surface area contributed by atoms with Gasteiger partial charge >= 0.3 is 5.97 Å². The summed E-state index contributed by atoms with van der Waals surface area (Å²) >= 11 is 0. The first kappa shape index (κ1) is 13.1. The van der Waals surface area contributed by atoms with Gasteiger partial charge in [0.05, 0.1) is 23.9 Å². The first-order chi connectivity index (χ1) is 8.92. The van der Waals surface area contributed by atoms with Gasteiger partial charge in [0.1, 0.15) is 0 Å². The van der Waals surface area contributed by atoms with Crippen molar-refractivity contribution in [2.45, 2.75) is 25.9 Å². The Hall–Kier alpha value is -2.37. The van der Waals surface area contributed by atoms with Crippen LogP contribution in [0.5, 0.6) is 0 Å². The number of carboxylic acids is 1. The van der Waals surface area contributed by atoms with E-state index in [1.165, 1.54) is 13.8 Å². The molecular weight excluding hydrogens is 246 g/mol. The van der Waals surface area contributed by atoms with Crippen LogP contribution in [0.1, 0.15) is 13.8 Å². The maximum absolute atomic E-state index is 11.4. The second kappa shape index (κ2) is 4.72. The van der Waals surface area contributed by atoms with E-state index in [9.17, 15) is 14.7 Å². The van der Waals surface area contributed by atoms with Crippen molar-refractivity contribution in [2.24, 2.45) is 0 Å². The Bertz CT molecular complexity index is 635. The van der Waals surface area contributed by atoms with Crippen molar-refractivity contribution in [2.75, 3.05) is 0 Å². The van der Waals surface area contributed by atoms with E-state index in [1.807, 2.05) is 24.3 Å². The van der Waals surface area contributed by atoms with Crippen LogP contribution >= 0.6 is 0 Å². The standard InChI is InChI=1S/C13H15N3O3/c1-9(17)15-13(2,12(18)19)7-16-8-14-10-5-3-4-6-11(10)16/h3-6,8H,7H2,1-2H3,(H,15,17)(H,18,19). The molecule has 0 saturated heterocycles. The van der Waals surface area contributed by atoms with Crippen molar-refractivity contribution in [1.29, 1.82) is 0 Å². The zero-order chi connectivity index (χ0) is 14.0. The summed E-state index contributed by atoms with van der Waals surface area (Å²) in [5.74, 6) is -1.46. The van der Waals surface area contributed by atoms with Crippen LogP contribution in [0.3, 0.4) is 0 Å². The highest BCUT2D eigenvalue weighted by Crippen LogP contribution is 2.16. The number of nitrogens with zero attached hydrogens (tertiary/aromatic N) is 2. The summed E-state index contributed by atoms with van der Waals surface area (Å²) in [6, 6.07) is 7.43. The second-order valence-electron chi connectivity index (χ2n) is 4.68. The van der Waals surface area contributed by atoms with Crippen molar-refractivity contribution in [3.8, 4) is 0 Å². The third kappa shape index (κ3) is 2.57. The van der Waals surface area contributed by atoms with E-state index in [4.69, 9.17) is 0 Å². The van der Waals surface area contributed by atoms with Crippen molar-refractivity contribution < 1.29 is 14.7 Å². The average molecular weight is 261 g/mol. The molecule has 100 valence electrons. The van der Waals surface area contributed by atoms with Crippen LogP contribution in [0.25, 0.3) is 11.0 Å². The maximum atomic E-state index is 11.4. The SMILES string of the molecule is CC(=O)NC(C)(Cn1cnc2ccccc21)C(=O)O. The van der Waals surface area contributed by atoms with E-state index >= 15 is 0 Å². The number of nitrogens with one attached hydrogen (secondary N) is 1. The maximum Gasteiger partial charge on any atom is 0.331 e. The largest absolute Gasteiger partial charge is 0.479 e. The summed E-state index contributed by atoms with van der Waals surface area (Å²) in [5.41, 5.74) is 0.258. The summed E-state index contributed by atoms with van der Waals surface area (Å²) in [7, 11) is 0. The fourth-order valence-corrected chi connectivity index (χ4v) is 2.03. The number of aromatic nitrogens is 2. The van der Waals surface area contributed by atoms with Gasteiger partial charge in [0.15, 0.2) is 5.54 Å². The van der Waals surface area contributed by atoms with Crippen LogP contribution in [-0.4, -0.2) is 32.1 Å².